The highest BCUT2D eigenvalue weighted by Gasteiger charge is 2.11. The van der Waals surface area contributed by atoms with E-state index in [1.165, 1.54) is 24.8 Å². The number of rotatable bonds is 1. The number of nitrogens with zero attached hydrogens (tertiary/aromatic N) is 1. The first-order chi connectivity index (χ1) is 4.29. The molecular formula is C5H10N2S2. The van der Waals surface area contributed by atoms with Crippen LogP contribution in [0.15, 0.2) is 0 Å². The zero-order valence-corrected chi connectivity index (χ0v) is 6.80. The van der Waals surface area contributed by atoms with Crippen molar-refractivity contribution in [2.24, 2.45) is 5.73 Å². The minimum Gasteiger partial charge on any atom is -0.384 e. The van der Waals surface area contributed by atoms with Gasteiger partial charge >= 0.3 is 0 Å². The monoisotopic (exact) mass is 162 g/mol. The number of thiocarbonyl (C=S) groups is 1. The third-order valence-electron chi connectivity index (χ3n) is 1.28. The van der Waals surface area contributed by atoms with Gasteiger partial charge in [-0.05, 0) is 24.8 Å². The lowest BCUT2D eigenvalue weighted by molar-refractivity contribution is 0.592. The molecule has 1 rings (SSSR count). The van der Waals surface area contributed by atoms with E-state index in [2.05, 4.69) is 4.31 Å². The van der Waals surface area contributed by atoms with Crippen LogP contribution in [-0.2, 0) is 0 Å². The summed E-state index contributed by atoms with van der Waals surface area (Å²) in [7, 11) is 0. The quantitative estimate of drug-likeness (QED) is 0.459. The Morgan fingerprint density at radius 3 is 2.44 bits per heavy atom. The molecule has 0 saturated carbocycles. The van der Waals surface area contributed by atoms with E-state index in [0.29, 0.717) is 4.32 Å². The molecule has 9 heavy (non-hydrogen) atoms. The lowest BCUT2D eigenvalue weighted by atomic mass is 10.4. The van der Waals surface area contributed by atoms with Crippen molar-refractivity contribution in [1.82, 2.24) is 4.31 Å². The topological polar surface area (TPSA) is 29.3 Å². The molecule has 0 amide bonds. The Bertz CT molecular complexity index is 110. The molecule has 0 spiro atoms. The number of nitrogens with two attached hydrogens (primary N) is 1. The molecule has 0 radical (unpaired) electrons. The van der Waals surface area contributed by atoms with E-state index in [-0.39, 0.29) is 0 Å². The van der Waals surface area contributed by atoms with Crippen molar-refractivity contribution in [3.63, 3.8) is 0 Å². The molecule has 1 aliphatic rings. The average Bonchev–Trinajstić information content (AvgIpc) is 2.15. The third-order valence-corrected chi connectivity index (χ3v) is 2.31. The fourth-order valence-corrected chi connectivity index (χ4v) is 1.92. The van der Waals surface area contributed by atoms with Crippen LogP contribution in [0.5, 0.6) is 0 Å². The van der Waals surface area contributed by atoms with Crippen molar-refractivity contribution in [3.05, 3.63) is 0 Å². The normalized spacial score (nSPS) is 20.4. The van der Waals surface area contributed by atoms with Crippen molar-refractivity contribution >= 4 is 28.5 Å². The van der Waals surface area contributed by atoms with Crippen molar-refractivity contribution in [2.75, 3.05) is 13.1 Å². The van der Waals surface area contributed by atoms with Crippen LogP contribution in [0.1, 0.15) is 12.8 Å². The van der Waals surface area contributed by atoms with Gasteiger partial charge in [0.15, 0.2) is 0 Å². The van der Waals surface area contributed by atoms with Gasteiger partial charge in [0, 0.05) is 13.1 Å². The Hall–Kier alpha value is 0.200. The SMILES string of the molecule is NC(=S)SN1CCCC1. The van der Waals surface area contributed by atoms with E-state index < -0.39 is 0 Å². The van der Waals surface area contributed by atoms with E-state index in [4.69, 9.17) is 18.0 Å². The predicted molar refractivity (Wildman–Crippen MR) is 45.2 cm³/mol. The lowest BCUT2D eigenvalue weighted by Gasteiger charge is -2.09. The molecule has 0 atom stereocenters. The minimum atomic E-state index is 0.539. The summed E-state index contributed by atoms with van der Waals surface area (Å²) in [6.45, 7) is 2.28. The van der Waals surface area contributed by atoms with Gasteiger partial charge in [0.05, 0.1) is 0 Å². The molecule has 1 saturated heterocycles. The summed E-state index contributed by atoms with van der Waals surface area (Å²) >= 11 is 6.24. The first kappa shape index (κ1) is 7.31. The fourth-order valence-electron chi connectivity index (χ4n) is 0.907. The molecule has 0 aromatic carbocycles. The molecule has 2 nitrogen and oxygen atoms in total. The Morgan fingerprint density at radius 1 is 1.44 bits per heavy atom. The lowest BCUT2D eigenvalue weighted by Crippen LogP contribution is -2.16. The Kier molecular flexibility index (Phi) is 2.75. The Labute approximate surface area is 64.9 Å². The molecule has 1 aliphatic heterocycles. The second-order valence-electron chi connectivity index (χ2n) is 2.05. The second-order valence-corrected chi connectivity index (χ2v) is 3.88. The van der Waals surface area contributed by atoms with Gasteiger partial charge in [0.25, 0.3) is 0 Å². The standard InChI is InChI=1S/C5H10N2S2/c6-5(8)9-7-3-1-2-4-7/h1-4H2,(H2,6,8). The van der Waals surface area contributed by atoms with Crippen molar-refractivity contribution in [1.29, 1.82) is 0 Å². The van der Waals surface area contributed by atoms with Gasteiger partial charge in [0.2, 0.25) is 0 Å². The van der Waals surface area contributed by atoms with Crippen molar-refractivity contribution < 1.29 is 0 Å². The summed E-state index contributed by atoms with van der Waals surface area (Å²) in [5.74, 6) is 0. The second kappa shape index (κ2) is 3.39. The van der Waals surface area contributed by atoms with Crippen LogP contribution in [0.25, 0.3) is 0 Å². The molecule has 4 heteroatoms. The molecule has 1 heterocycles. The maximum Gasteiger partial charge on any atom is 0.146 e. The first-order valence-electron chi connectivity index (χ1n) is 3.01. The summed E-state index contributed by atoms with van der Waals surface area (Å²) in [5.41, 5.74) is 5.32. The zero-order valence-electron chi connectivity index (χ0n) is 5.17. The van der Waals surface area contributed by atoms with Gasteiger partial charge in [-0.25, -0.2) is 4.31 Å². The largest absolute Gasteiger partial charge is 0.384 e. The maximum atomic E-state index is 5.32. The summed E-state index contributed by atoms with van der Waals surface area (Å²) in [6.07, 6.45) is 2.57. The molecule has 0 aromatic rings. The van der Waals surface area contributed by atoms with Gasteiger partial charge in [-0.2, -0.15) is 0 Å². The predicted octanol–water partition coefficient (Wildman–Crippen LogP) is 0.974. The summed E-state index contributed by atoms with van der Waals surface area (Å²) < 4.78 is 2.75. The number of hydrogen-bond donors (Lipinski definition) is 1. The van der Waals surface area contributed by atoms with Gasteiger partial charge in [-0.1, -0.05) is 12.2 Å². The van der Waals surface area contributed by atoms with Gasteiger partial charge in [-0.15, -0.1) is 0 Å². The Morgan fingerprint density at radius 2 is 2.00 bits per heavy atom. The Balaban J connectivity index is 2.19. The van der Waals surface area contributed by atoms with Crippen LogP contribution < -0.4 is 5.73 Å². The van der Waals surface area contributed by atoms with Crippen LogP contribution >= 0.6 is 24.2 Å². The molecular weight excluding hydrogens is 152 g/mol. The van der Waals surface area contributed by atoms with Gasteiger partial charge in [-0.3, -0.25) is 0 Å². The van der Waals surface area contributed by atoms with E-state index in [1.807, 2.05) is 0 Å². The molecule has 0 aromatic heterocycles. The first-order valence-corrected chi connectivity index (χ1v) is 4.19. The fraction of sp³-hybridized carbons (Fsp3) is 0.800. The van der Waals surface area contributed by atoms with E-state index in [9.17, 15) is 0 Å². The molecule has 0 unspecified atom stereocenters. The van der Waals surface area contributed by atoms with Crippen LogP contribution in [0.4, 0.5) is 0 Å². The highest BCUT2D eigenvalue weighted by atomic mass is 32.2. The van der Waals surface area contributed by atoms with E-state index in [0.717, 1.165) is 13.1 Å². The van der Waals surface area contributed by atoms with Crippen LogP contribution in [0, 0.1) is 0 Å². The summed E-state index contributed by atoms with van der Waals surface area (Å²) in [5, 5.41) is 0. The summed E-state index contributed by atoms with van der Waals surface area (Å²) in [4.78, 5) is 0. The van der Waals surface area contributed by atoms with E-state index >= 15 is 0 Å². The average molecular weight is 162 g/mol. The molecule has 0 aliphatic carbocycles. The molecule has 2 N–H and O–H groups in total. The third kappa shape index (κ3) is 2.51. The highest BCUT2D eigenvalue weighted by molar-refractivity contribution is 8.21. The smallest absolute Gasteiger partial charge is 0.146 e. The van der Waals surface area contributed by atoms with Gasteiger partial charge < -0.3 is 5.73 Å². The van der Waals surface area contributed by atoms with Crippen LogP contribution in [0.2, 0.25) is 0 Å². The van der Waals surface area contributed by atoms with Gasteiger partial charge in [0.1, 0.15) is 4.32 Å². The van der Waals surface area contributed by atoms with Crippen LogP contribution in [0.3, 0.4) is 0 Å². The zero-order chi connectivity index (χ0) is 6.69. The van der Waals surface area contributed by atoms with Crippen molar-refractivity contribution in [2.45, 2.75) is 12.8 Å². The molecule has 52 valence electrons. The van der Waals surface area contributed by atoms with E-state index in [1.54, 1.807) is 0 Å². The molecule has 0 bridgehead atoms. The molecule has 1 fully saturated rings. The van der Waals surface area contributed by atoms with Crippen LogP contribution in [-0.4, -0.2) is 21.7 Å². The maximum absolute atomic E-state index is 5.32. The number of hydrogen-bond acceptors (Lipinski definition) is 3. The minimum absolute atomic E-state index is 0.539. The summed E-state index contributed by atoms with van der Waals surface area (Å²) in [6, 6.07) is 0. The van der Waals surface area contributed by atoms with Crippen molar-refractivity contribution in [3.8, 4) is 0 Å². The highest BCUT2D eigenvalue weighted by Crippen LogP contribution is 2.17.